The van der Waals surface area contributed by atoms with Crippen LogP contribution in [0.3, 0.4) is 0 Å². The van der Waals surface area contributed by atoms with Crippen LogP contribution in [-0.4, -0.2) is 53.7 Å². The Bertz CT molecular complexity index is 2060. The monoisotopic (exact) mass is 586 g/mol. The van der Waals surface area contributed by atoms with Gasteiger partial charge in [-0.2, -0.15) is 0 Å². The van der Waals surface area contributed by atoms with Gasteiger partial charge in [0.1, 0.15) is 5.58 Å². The molecule has 220 valence electrons. The number of benzene rings is 3. The number of hydrogen-bond acceptors (Lipinski definition) is 8. The Balaban J connectivity index is 1.08. The van der Waals surface area contributed by atoms with Crippen LogP contribution in [-0.2, 0) is 19.5 Å². The number of tetrazole rings is 1. The van der Waals surface area contributed by atoms with E-state index in [0.717, 1.165) is 49.4 Å². The Kier molecular flexibility index (Phi) is 7.07. The van der Waals surface area contributed by atoms with Crippen molar-refractivity contribution in [1.82, 2.24) is 34.7 Å². The number of aromatic nitrogens is 6. The van der Waals surface area contributed by atoms with E-state index >= 15 is 0 Å². The van der Waals surface area contributed by atoms with E-state index in [4.69, 9.17) is 4.42 Å². The van der Waals surface area contributed by atoms with Crippen LogP contribution in [0.15, 0.2) is 88.5 Å². The molecule has 0 unspecified atom stereocenters. The number of anilines is 1. The highest BCUT2D eigenvalue weighted by Crippen LogP contribution is 2.29. The predicted molar refractivity (Wildman–Crippen MR) is 166 cm³/mol. The highest BCUT2D eigenvalue weighted by atomic mass is 16.3. The van der Waals surface area contributed by atoms with E-state index in [0.29, 0.717) is 28.0 Å². The Morgan fingerprint density at radius 1 is 1.00 bits per heavy atom. The van der Waals surface area contributed by atoms with Gasteiger partial charge >= 0.3 is 0 Å². The van der Waals surface area contributed by atoms with E-state index in [2.05, 4.69) is 47.3 Å². The molecule has 6 aromatic rings. The van der Waals surface area contributed by atoms with Crippen LogP contribution < -0.4 is 10.7 Å². The number of carbonyl (C=O) groups excluding carboxylic acids is 1. The molecule has 3 aromatic carbocycles. The number of carbonyl (C=O) groups is 1. The van der Waals surface area contributed by atoms with Gasteiger partial charge in [-0.1, -0.05) is 24.3 Å². The van der Waals surface area contributed by atoms with Crippen LogP contribution in [0, 0.1) is 13.8 Å². The van der Waals surface area contributed by atoms with Gasteiger partial charge in [0.05, 0.1) is 28.8 Å². The van der Waals surface area contributed by atoms with Gasteiger partial charge in [0.15, 0.2) is 11.2 Å². The van der Waals surface area contributed by atoms with Crippen molar-refractivity contribution in [2.75, 3.05) is 18.4 Å². The second kappa shape index (κ2) is 11.3. The number of para-hydroxylation sites is 1. The van der Waals surface area contributed by atoms with Crippen molar-refractivity contribution < 1.29 is 9.21 Å². The number of nitrogens with zero attached hydrogens (tertiary/aromatic N) is 7. The second-order valence-corrected chi connectivity index (χ2v) is 11.1. The highest BCUT2D eigenvalue weighted by molar-refractivity contribution is 6.05. The van der Waals surface area contributed by atoms with Crippen molar-refractivity contribution >= 4 is 22.6 Å². The molecule has 0 fully saturated rings. The molecule has 1 N–H and O–H groups in total. The lowest BCUT2D eigenvalue weighted by Gasteiger charge is -2.27. The number of amides is 1. The minimum Gasteiger partial charge on any atom is -0.451 e. The van der Waals surface area contributed by atoms with Gasteiger partial charge in [-0.3, -0.25) is 14.5 Å². The zero-order chi connectivity index (χ0) is 30.2. The fraction of sp³-hybridized carbons (Fsp3) is 0.212. The number of fused-ring (bicyclic) bond motifs is 2. The molecule has 0 spiro atoms. The van der Waals surface area contributed by atoms with Crippen molar-refractivity contribution in [3.8, 4) is 17.1 Å². The third kappa shape index (κ3) is 5.40. The molecule has 0 atom stereocenters. The van der Waals surface area contributed by atoms with Crippen LogP contribution in [0.1, 0.15) is 32.9 Å². The molecule has 1 aliphatic rings. The second-order valence-electron chi connectivity index (χ2n) is 11.1. The van der Waals surface area contributed by atoms with Gasteiger partial charge in [-0.05, 0) is 78.6 Å². The fourth-order valence-corrected chi connectivity index (χ4v) is 5.45. The standard InChI is InChI=1S/C33H30N8O3/c1-21-15-27(28(16-22(21)2)35-33(43)31-17-29(42)26-5-3-4-6-30(26)44-31)32-36-38-41(37-32)24-9-7-23(8-10-24)11-12-39-13-14-40-20-34-18-25(40)19-39/h3-10,15-18,20H,11-14,19H2,1-2H3,(H,35,43). The zero-order valence-electron chi connectivity index (χ0n) is 24.4. The van der Waals surface area contributed by atoms with E-state index in [9.17, 15) is 9.59 Å². The molecule has 4 heterocycles. The molecule has 3 aromatic heterocycles. The lowest BCUT2D eigenvalue weighted by molar-refractivity contribution is 0.0997. The Labute approximate surface area is 252 Å². The summed E-state index contributed by atoms with van der Waals surface area (Å²) in [6.07, 6.45) is 4.78. The van der Waals surface area contributed by atoms with Crippen LogP contribution in [0.2, 0.25) is 0 Å². The van der Waals surface area contributed by atoms with E-state index in [1.165, 1.54) is 22.1 Å². The van der Waals surface area contributed by atoms with E-state index < -0.39 is 5.91 Å². The molecule has 7 rings (SSSR count). The summed E-state index contributed by atoms with van der Waals surface area (Å²) >= 11 is 0. The minimum atomic E-state index is -0.546. The Morgan fingerprint density at radius 2 is 1.82 bits per heavy atom. The van der Waals surface area contributed by atoms with E-state index in [1.807, 2.05) is 50.6 Å². The summed E-state index contributed by atoms with van der Waals surface area (Å²) in [7, 11) is 0. The van der Waals surface area contributed by atoms with Gasteiger partial charge in [0, 0.05) is 44.0 Å². The summed E-state index contributed by atoms with van der Waals surface area (Å²) < 4.78 is 7.96. The van der Waals surface area contributed by atoms with E-state index in [-0.39, 0.29) is 11.2 Å². The quantitative estimate of drug-likeness (QED) is 0.289. The molecule has 0 aliphatic carbocycles. The maximum Gasteiger partial charge on any atom is 0.291 e. The number of imidazole rings is 1. The Hall–Kier alpha value is -5.42. The van der Waals surface area contributed by atoms with Crippen LogP contribution in [0.5, 0.6) is 0 Å². The van der Waals surface area contributed by atoms with Gasteiger partial charge in [0.2, 0.25) is 5.82 Å². The normalized spacial score (nSPS) is 13.2. The lowest BCUT2D eigenvalue weighted by Crippen LogP contribution is -2.34. The molecule has 1 aliphatic heterocycles. The molecular formula is C33H30N8O3. The molecule has 0 bridgehead atoms. The van der Waals surface area contributed by atoms with E-state index in [1.54, 1.807) is 24.3 Å². The van der Waals surface area contributed by atoms with Crippen LogP contribution in [0.25, 0.3) is 28.0 Å². The number of hydrogen-bond donors (Lipinski definition) is 1. The van der Waals surface area contributed by atoms with Gasteiger partial charge in [0.25, 0.3) is 5.91 Å². The topological polar surface area (TPSA) is 124 Å². The molecule has 0 radical (unpaired) electrons. The fourth-order valence-electron chi connectivity index (χ4n) is 5.45. The number of aryl methyl sites for hydroxylation is 2. The third-order valence-electron chi connectivity index (χ3n) is 8.12. The van der Waals surface area contributed by atoms with Crippen molar-refractivity contribution in [2.24, 2.45) is 0 Å². The first kappa shape index (κ1) is 27.4. The van der Waals surface area contributed by atoms with Crippen molar-refractivity contribution in [3.63, 3.8) is 0 Å². The van der Waals surface area contributed by atoms with Crippen LogP contribution in [0.4, 0.5) is 5.69 Å². The van der Waals surface area contributed by atoms with Gasteiger partial charge in [-0.25, -0.2) is 4.98 Å². The first-order chi connectivity index (χ1) is 21.4. The maximum atomic E-state index is 13.2. The van der Waals surface area contributed by atoms with Crippen molar-refractivity contribution in [2.45, 2.75) is 33.4 Å². The molecule has 0 saturated carbocycles. The third-order valence-corrected chi connectivity index (χ3v) is 8.12. The zero-order valence-corrected chi connectivity index (χ0v) is 24.4. The first-order valence-corrected chi connectivity index (χ1v) is 14.5. The first-order valence-electron chi connectivity index (χ1n) is 14.5. The smallest absolute Gasteiger partial charge is 0.291 e. The predicted octanol–water partition coefficient (Wildman–Crippen LogP) is 4.56. The number of rotatable bonds is 7. The van der Waals surface area contributed by atoms with Crippen molar-refractivity contribution in [3.05, 3.63) is 118 Å². The minimum absolute atomic E-state index is 0.0820. The van der Waals surface area contributed by atoms with Gasteiger partial charge < -0.3 is 14.3 Å². The van der Waals surface area contributed by atoms with Crippen LogP contribution >= 0.6 is 0 Å². The number of nitrogens with one attached hydrogen (secondary N) is 1. The summed E-state index contributed by atoms with van der Waals surface area (Å²) in [4.78, 5) is 34.0. The maximum absolute atomic E-state index is 13.2. The average molecular weight is 587 g/mol. The highest BCUT2D eigenvalue weighted by Gasteiger charge is 2.19. The SMILES string of the molecule is Cc1cc(NC(=O)c2cc(=O)c3ccccc3o2)c(-c2nnn(-c3ccc(CCN4CCn5cncc5C4)cc3)n2)cc1C. The molecule has 1 amide bonds. The largest absolute Gasteiger partial charge is 0.451 e. The summed E-state index contributed by atoms with van der Waals surface area (Å²) in [5, 5.41) is 16.5. The molecular weight excluding hydrogens is 556 g/mol. The summed E-state index contributed by atoms with van der Waals surface area (Å²) in [5.74, 6) is -0.270. The molecule has 0 saturated heterocycles. The lowest BCUT2D eigenvalue weighted by atomic mass is 10.0. The average Bonchev–Trinajstić information content (AvgIpc) is 3.72. The summed E-state index contributed by atoms with van der Waals surface area (Å²) in [6, 6.07) is 20.0. The summed E-state index contributed by atoms with van der Waals surface area (Å²) in [5.41, 5.74) is 6.41. The molecule has 11 nitrogen and oxygen atoms in total. The summed E-state index contributed by atoms with van der Waals surface area (Å²) in [6.45, 7) is 7.82. The Morgan fingerprint density at radius 3 is 2.68 bits per heavy atom. The molecule has 44 heavy (non-hydrogen) atoms. The van der Waals surface area contributed by atoms with Gasteiger partial charge in [-0.15, -0.1) is 15.0 Å². The van der Waals surface area contributed by atoms with Crippen molar-refractivity contribution in [1.29, 1.82) is 0 Å². The molecule has 11 heteroatoms.